The summed E-state index contributed by atoms with van der Waals surface area (Å²) in [5.74, 6) is -0.407. The number of ether oxygens (including phenoxy) is 1. The lowest BCUT2D eigenvalue weighted by Crippen LogP contribution is -2.41. The summed E-state index contributed by atoms with van der Waals surface area (Å²) in [6, 6.07) is 0.176. The highest BCUT2D eigenvalue weighted by Gasteiger charge is 2.41. The van der Waals surface area contributed by atoms with Crippen LogP contribution in [0.4, 0.5) is 31.5 Å². The minimum absolute atomic E-state index is 0.0624. The van der Waals surface area contributed by atoms with E-state index in [1.807, 2.05) is 0 Å². The van der Waals surface area contributed by atoms with Crippen molar-refractivity contribution in [3.63, 3.8) is 0 Å². The Morgan fingerprint density at radius 2 is 1.78 bits per heavy atom. The van der Waals surface area contributed by atoms with Gasteiger partial charge in [-0.3, -0.25) is 9.52 Å². The molecular weight excluding hydrogens is 490 g/mol. The van der Waals surface area contributed by atoms with Crippen LogP contribution in [-0.2, 0) is 38.3 Å². The van der Waals surface area contributed by atoms with Crippen LogP contribution >= 0.6 is 11.5 Å². The molecule has 1 aliphatic rings. The van der Waals surface area contributed by atoms with Crippen LogP contribution in [0, 0.1) is 0 Å². The molecule has 8 nitrogen and oxygen atoms in total. The van der Waals surface area contributed by atoms with Gasteiger partial charge in [0, 0.05) is 24.6 Å². The van der Waals surface area contributed by atoms with E-state index in [4.69, 9.17) is 4.74 Å². The van der Waals surface area contributed by atoms with Crippen molar-refractivity contribution in [2.24, 2.45) is 0 Å². The van der Waals surface area contributed by atoms with Gasteiger partial charge in [-0.05, 0) is 18.2 Å². The number of amides is 1. The Hall–Kier alpha value is -2.46. The molecule has 16 heteroatoms. The molecule has 1 N–H and O–H groups in total. The molecule has 3 rings (SSSR count). The van der Waals surface area contributed by atoms with Gasteiger partial charge < -0.3 is 9.64 Å². The summed E-state index contributed by atoms with van der Waals surface area (Å²) in [4.78, 5) is 16.1. The molecule has 1 fully saturated rings. The summed E-state index contributed by atoms with van der Waals surface area (Å²) in [7, 11) is -4.97. The number of halogens is 6. The van der Waals surface area contributed by atoms with Crippen molar-refractivity contribution >= 4 is 32.6 Å². The molecule has 0 spiro atoms. The zero-order valence-electron chi connectivity index (χ0n) is 15.8. The Kier molecular flexibility index (Phi) is 6.67. The van der Waals surface area contributed by atoms with Crippen LogP contribution in [0.25, 0.3) is 0 Å². The van der Waals surface area contributed by atoms with Gasteiger partial charge >= 0.3 is 12.4 Å². The standard InChI is InChI=1S/C16H14F6N4O4S2/c17-15(18,19)9-1-2-11(10(7-9)16(20,21)22)32(28,29)25-14-23-12(24-31-14)8-13(27)26-3-5-30-6-4-26/h1-2,7H,3-6,8H2,(H,23,24,25). The summed E-state index contributed by atoms with van der Waals surface area (Å²) in [5, 5.41) is -0.442. The quantitative estimate of drug-likeness (QED) is 0.629. The minimum atomic E-state index is -5.37. The van der Waals surface area contributed by atoms with Gasteiger partial charge in [0.05, 0.1) is 35.7 Å². The molecule has 1 aliphatic heterocycles. The maximum absolute atomic E-state index is 13.3. The molecule has 0 bridgehead atoms. The third kappa shape index (κ3) is 5.66. The molecule has 1 aromatic heterocycles. The number of hydrogen-bond acceptors (Lipinski definition) is 7. The first-order chi connectivity index (χ1) is 14.8. The van der Waals surface area contributed by atoms with Crippen molar-refractivity contribution in [1.29, 1.82) is 0 Å². The number of benzene rings is 1. The summed E-state index contributed by atoms with van der Waals surface area (Å²) in [6.45, 7) is 1.43. The molecule has 0 atom stereocenters. The van der Waals surface area contributed by atoms with Crippen molar-refractivity contribution < 1.29 is 44.3 Å². The minimum Gasteiger partial charge on any atom is -0.378 e. The number of nitrogens with one attached hydrogen (secondary N) is 1. The first-order valence-corrected chi connectivity index (χ1v) is 11.0. The first-order valence-electron chi connectivity index (χ1n) is 8.77. The molecule has 2 aromatic rings. The van der Waals surface area contributed by atoms with Gasteiger partial charge in [-0.2, -0.15) is 30.7 Å². The van der Waals surface area contributed by atoms with E-state index in [0.29, 0.717) is 37.8 Å². The van der Waals surface area contributed by atoms with Crippen LogP contribution in [-0.4, -0.2) is 54.9 Å². The average Bonchev–Trinajstić information content (AvgIpc) is 3.12. The maximum Gasteiger partial charge on any atom is 0.417 e. The second kappa shape index (κ2) is 8.82. The van der Waals surface area contributed by atoms with E-state index >= 15 is 0 Å². The fourth-order valence-corrected chi connectivity index (χ4v) is 4.78. The Morgan fingerprint density at radius 1 is 1.12 bits per heavy atom. The smallest absolute Gasteiger partial charge is 0.378 e. The number of alkyl halides is 6. The van der Waals surface area contributed by atoms with Gasteiger partial charge in [0.25, 0.3) is 10.0 Å². The van der Waals surface area contributed by atoms with Crippen LogP contribution in [0.2, 0.25) is 0 Å². The van der Waals surface area contributed by atoms with Crippen molar-refractivity contribution in [3.05, 3.63) is 35.2 Å². The van der Waals surface area contributed by atoms with Gasteiger partial charge in [-0.15, -0.1) is 0 Å². The van der Waals surface area contributed by atoms with Crippen molar-refractivity contribution in [2.45, 2.75) is 23.7 Å². The van der Waals surface area contributed by atoms with Gasteiger partial charge in [0.1, 0.15) is 0 Å². The van der Waals surface area contributed by atoms with E-state index < -0.39 is 43.5 Å². The number of nitrogens with zero attached hydrogens (tertiary/aromatic N) is 3. The van der Waals surface area contributed by atoms with Crippen LogP contribution in [0.1, 0.15) is 17.0 Å². The topological polar surface area (TPSA) is 101 Å². The number of morpholine rings is 1. The number of carbonyl (C=O) groups is 1. The highest BCUT2D eigenvalue weighted by atomic mass is 32.2. The van der Waals surface area contributed by atoms with Gasteiger partial charge in [-0.25, -0.2) is 13.4 Å². The fraction of sp³-hybridized carbons (Fsp3) is 0.438. The average molecular weight is 504 g/mol. The predicted molar refractivity (Wildman–Crippen MR) is 98.3 cm³/mol. The Labute approximate surface area is 181 Å². The van der Waals surface area contributed by atoms with Gasteiger partial charge in [-0.1, -0.05) is 0 Å². The maximum atomic E-state index is 13.3. The molecule has 1 aromatic carbocycles. The third-order valence-electron chi connectivity index (χ3n) is 4.26. The predicted octanol–water partition coefficient (Wildman–Crippen LogP) is 2.78. The lowest BCUT2D eigenvalue weighted by atomic mass is 10.1. The number of carbonyl (C=O) groups excluding carboxylic acids is 1. The van der Waals surface area contributed by atoms with E-state index in [1.54, 1.807) is 4.72 Å². The zero-order chi connectivity index (χ0) is 23.7. The summed E-state index contributed by atoms with van der Waals surface area (Å²) in [5.41, 5.74) is -3.63. The molecule has 0 unspecified atom stereocenters. The van der Waals surface area contributed by atoms with Crippen LogP contribution in [0.3, 0.4) is 0 Å². The molecule has 0 aliphatic carbocycles. The van der Waals surface area contributed by atoms with Crippen molar-refractivity contribution in [3.8, 4) is 0 Å². The SMILES string of the molecule is O=C(Cc1nsc(NS(=O)(=O)c2ccc(C(F)(F)F)cc2C(F)(F)F)n1)N1CCOCC1. The van der Waals surface area contributed by atoms with Gasteiger partial charge in [0.2, 0.25) is 11.0 Å². The molecule has 32 heavy (non-hydrogen) atoms. The number of aromatic nitrogens is 2. The molecule has 2 heterocycles. The van der Waals surface area contributed by atoms with Crippen molar-refractivity contribution in [1.82, 2.24) is 14.3 Å². The molecule has 1 amide bonds. The molecule has 0 saturated carbocycles. The van der Waals surface area contributed by atoms with E-state index in [1.165, 1.54) is 4.90 Å². The number of sulfonamides is 1. The Bertz CT molecular complexity index is 1090. The number of rotatable bonds is 5. The monoisotopic (exact) mass is 504 g/mol. The first kappa shape index (κ1) is 24.2. The lowest BCUT2D eigenvalue weighted by Gasteiger charge is -2.26. The molecule has 176 valence electrons. The molecule has 0 radical (unpaired) electrons. The Balaban J connectivity index is 1.81. The van der Waals surface area contributed by atoms with Crippen LogP contribution < -0.4 is 4.72 Å². The number of anilines is 1. The van der Waals surface area contributed by atoms with Crippen LogP contribution in [0.5, 0.6) is 0 Å². The normalized spacial score (nSPS) is 15.6. The molecule has 1 saturated heterocycles. The summed E-state index contributed by atoms with van der Waals surface area (Å²) < 4.78 is 114. The lowest BCUT2D eigenvalue weighted by molar-refractivity contribution is -0.144. The summed E-state index contributed by atoms with van der Waals surface area (Å²) in [6.07, 6.45) is -10.7. The second-order valence-electron chi connectivity index (χ2n) is 6.50. The van der Waals surface area contributed by atoms with E-state index in [-0.39, 0.29) is 36.4 Å². The fourth-order valence-electron chi connectivity index (χ4n) is 2.76. The highest BCUT2D eigenvalue weighted by Crippen LogP contribution is 2.39. The largest absolute Gasteiger partial charge is 0.417 e. The third-order valence-corrected chi connectivity index (χ3v) is 6.46. The van der Waals surface area contributed by atoms with E-state index in [2.05, 4.69) is 9.36 Å². The Morgan fingerprint density at radius 3 is 2.38 bits per heavy atom. The zero-order valence-corrected chi connectivity index (χ0v) is 17.5. The summed E-state index contributed by atoms with van der Waals surface area (Å²) >= 11 is 0.472. The second-order valence-corrected chi connectivity index (χ2v) is 8.90. The van der Waals surface area contributed by atoms with Crippen molar-refractivity contribution in [2.75, 3.05) is 31.0 Å². The molecular formula is C16H14F6N4O4S2. The van der Waals surface area contributed by atoms with E-state index in [0.717, 1.165) is 0 Å². The van der Waals surface area contributed by atoms with Gasteiger partial charge in [0.15, 0.2) is 5.82 Å². The van der Waals surface area contributed by atoms with Crippen LogP contribution in [0.15, 0.2) is 23.1 Å². The number of hydrogen-bond donors (Lipinski definition) is 1. The highest BCUT2D eigenvalue weighted by molar-refractivity contribution is 7.93. The van der Waals surface area contributed by atoms with E-state index in [9.17, 15) is 39.6 Å².